The zero-order chi connectivity index (χ0) is 10.4. The quantitative estimate of drug-likeness (QED) is 0.709. The maximum Gasteiger partial charge on any atom is 0.136 e. The molecule has 0 aromatic heterocycles. The summed E-state index contributed by atoms with van der Waals surface area (Å²) >= 11 is 0. The van der Waals surface area contributed by atoms with Crippen LogP contribution in [0.1, 0.15) is 40.5 Å². The number of carbonyl (C=O) groups is 1. The van der Waals surface area contributed by atoms with Crippen molar-refractivity contribution in [3.63, 3.8) is 0 Å². The summed E-state index contributed by atoms with van der Waals surface area (Å²) in [6.07, 6.45) is 1.85. The Labute approximate surface area is 81.4 Å². The van der Waals surface area contributed by atoms with E-state index in [1.165, 1.54) is 5.57 Å². The van der Waals surface area contributed by atoms with Crippen LogP contribution in [0.3, 0.4) is 0 Å². The molecule has 0 aromatic carbocycles. The molecule has 1 N–H and O–H groups in total. The third kappa shape index (κ3) is 3.21. The van der Waals surface area contributed by atoms with Gasteiger partial charge in [-0.15, -0.1) is 0 Å². The van der Waals surface area contributed by atoms with Gasteiger partial charge >= 0.3 is 0 Å². The fraction of sp³-hybridized carbons (Fsp3) is 0.727. The molecule has 0 bridgehead atoms. The van der Waals surface area contributed by atoms with Gasteiger partial charge in [-0.2, -0.15) is 0 Å². The molecule has 2 heteroatoms. The monoisotopic (exact) mass is 183 g/mol. The average Bonchev–Trinajstić information content (AvgIpc) is 2.12. The highest BCUT2D eigenvalue weighted by atomic mass is 16.1. The van der Waals surface area contributed by atoms with Crippen molar-refractivity contribution in [2.24, 2.45) is 5.92 Å². The van der Waals surface area contributed by atoms with Crippen molar-refractivity contribution in [3.05, 3.63) is 11.3 Å². The van der Waals surface area contributed by atoms with Crippen LogP contribution in [-0.4, -0.2) is 12.8 Å². The predicted octanol–water partition coefficient (Wildman–Crippen LogP) is 2.51. The van der Waals surface area contributed by atoms with E-state index in [9.17, 15) is 4.79 Å². The highest BCUT2D eigenvalue weighted by Crippen LogP contribution is 2.21. The van der Waals surface area contributed by atoms with Crippen molar-refractivity contribution < 1.29 is 4.79 Å². The molecule has 0 aliphatic heterocycles. The first kappa shape index (κ1) is 12.2. The molecule has 0 amide bonds. The Hall–Kier alpha value is -0.790. The molecule has 0 fully saturated rings. The minimum Gasteiger partial charge on any atom is -0.392 e. The summed E-state index contributed by atoms with van der Waals surface area (Å²) in [5.41, 5.74) is 2.39. The van der Waals surface area contributed by atoms with Crippen molar-refractivity contribution in [1.29, 1.82) is 0 Å². The summed E-state index contributed by atoms with van der Waals surface area (Å²) in [6.45, 7) is 7.86. The van der Waals surface area contributed by atoms with Crippen LogP contribution in [-0.2, 0) is 4.79 Å². The molecule has 0 saturated heterocycles. The highest BCUT2D eigenvalue weighted by Gasteiger charge is 2.17. The first-order chi connectivity index (χ1) is 6.08. The fourth-order valence-electron chi connectivity index (χ4n) is 1.71. The zero-order valence-electron chi connectivity index (χ0n) is 9.40. The average molecular weight is 183 g/mol. The third-order valence-corrected chi connectivity index (χ3v) is 2.56. The van der Waals surface area contributed by atoms with E-state index in [1.807, 2.05) is 14.0 Å². The maximum absolute atomic E-state index is 11.3. The van der Waals surface area contributed by atoms with Gasteiger partial charge in [0.1, 0.15) is 5.78 Å². The topological polar surface area (TPSA) is 29.1 Å². The Kier molecular flexibility index (Phi) is 5.44. The van der Waals surface area contributed by atoms with Crippen LogP contribution in [0.25, 0.3) is 0 Å². The van der Waals surface area contributed by atoms with Gasteiger partial charge in [-0.05, 0) is 32.3 Å². The molecule has 2 nitrogen and oxygen atoms in total. The zero-order valence-corrected chi connectivity index (χ0v) is 9.40. The summed E-state index contributed by atoms with van der Waals surface area (Å²) in [6, 6.07) is 0. The van der Waals surface area contributed by atoms with Gasteiger partial charge in [0.25, 0.3) is 0 Å². The van der Waals surface area contributed by atoms with Gasteiger partial charge in [-0.25, -0.2) is 0 Å². The van der Waals surface area contributed by atoms with Gasteiger partial charge in [0, 0.05) is 18.7 Å². The number of ketones is 1. The Bertz CT molecular complexity index is 206. The van der Waals surface area contributed by atoms with Crippen molar-refractivity contribution >= 4 is 5.78 Å². The lowest BCUT2D eigenvalue weighted by Crippen LogP contribution is -2.17. The lowest BCUT2D eigenvalue weighted by molar-refractivity contribution is -0.119. The number of carbonyl (C=O) groups excluding carboxylic acids is 1. The third-order valence-electron chi connectivity index (χ3n) is 2.56. The predicted molar refractivity (Wildman–Crippen MR) is 56.5 cm³/mol. The lowest BCUT2D eigenvalue weighted by atomic mass is 9.89. The Balaban J connectivity index is 4.83. The summed E-state index contributed by atoms with van der Waals surface area (Å²) in [5.74, 6) is 0.381. The van der Waals surface area contributed by atoms with E-state index in [2.05, 4.69) is 19.2 Å². The molecule has 0 aromatic rings. The number of allylic oxidation sites excluding steroid dienone is 2. The van der Waals surface area contributed by atoms with E-state index in [-0.39, 0.29) is 11.7 Å². The fourth-order valence-corrected chi connectivity index (χ4v) is 1.71. The minimum atomic E-state index is 0.109. The van der Waals surface area contributed by atoms with Crippen LogP contribution in [0.4, 0.5) is 0 Å². The number of hydrogen-bond donors (Lipinski definition) is 1. The second kappa shape index (κ2) is 5.79. The van der Waals surface area contributed by atoms with Crippen LogP contribution < -0.4 is 5.32 Å². The Morgan fingerprint density at radius 2 is 1.85 bits per heavy atom. The second-order valence-corrected chi connectivity index (χ2v) is 3.33. The van der Waals surface area contributed by atoms with Crippen LogP contribution in [0, 0.1) is 5.92 Å². The van der Waals surface area contributed by atoms with Crippen LogP contribution in [0.5, 0.6) is 0 Å². The maximum atomic E-state index is 11.3. The van der Waals surface area contributed by atoms with E-state index in [0.717, 1.165) is 18.5 Å². The van der Waals surface area contributed by atoms with E-state index in [1.54, 1.807) is 6.92 Å². The molecule has 0 spiro atoms. The molecule has 1 atom stereocenters. The van der Waals surface area contributed by atoms with Crippen LogP contribution in [0.15, 0.2) is 11.3 Å². The van der Waals surface area contributed by atoms with Crippen molar-refractivity contribution in [1.82, 2.24) is 5.32 Å². The normalized spacial score (nSPS) is 14.8. The van der Waals surface area contributed by atoms with Gasteiger partial charge in [0.2, 0.25) is 0 Å². The summed E-state index contributed by atoms with van der Waals surface area (Å²) in [7, 11) is 1.90. The molecule has 0 radical (unpaired) electrons. The highest BCUT2D eigenvalue weighted by molar-refractivity contribution is 5.81. The van der Waals surface area contributed by atoms with Crippen molar-refractivity contribution in [2.45, 2.75) is 40.5 Å². The number of nitrogens with one attached hydrogen (secondary N) is 1. The largest absolute Gasteiger partial charge is 0.392 e. The summed E-state index contributed by atoms with van der Waals surface area (Å²) in [5, 5.41) is 3.11. The minimum absolute atomic E-state index is 0.109. The Morgan fingerprint density at radius 3 is 2.08 bits per heavy atom. The van der Waals surface area contributed by atoms with Crippen molar-refractivity contribution in [2.75, 3.05) is 7.05 Å². The SMILES string of the molecule is CC/C(=C(/C)NC)C(CC)C(C)=O. The van der Waals surface area contributed by atoms with E-state index in [0.29, 0.717) is 0 Å². The van der Waals surface area contributed by atoms with Gasteiger partial charge in [0.05, 0.1) is 0 Å². The number of rotatable bonds is 5. The molecular weight excluding hydrogens is 162 g/mol. The van der Waals surface area contributed by atoms with Crippen molar-refractivity contribution in [3.8, 4) is 0 Å². The smallest absolute Gasteiger partial charge is 0.136 e. The first-order valence-corrected chi connectivity index (χ1v) is 4.96. The number of hydrogen-bond acceptors (Lipinski definition) is 2. The molecule has 13 heavy (non-hydrogen) atoms. The molecule has 1 unspecified atom stereocenters. The van der Waals surface area contributed by atoms with Crippen LogP contribution >= 0.6 is 0 Å². The van der Waals surface area contributed by atoms with E-state index >= 15 is 0 Å². The van der Waals surface area contributed by atoms with Crippen LogP contribution in [0.2, 0.25) is 0 Å². The van der Waals surface area contributed by atoms with Gasteiger partial charge in [-0.3, -0.25) is 4.79 Å². The number of Topliss-reactive ketones (excluding diaryl/α,β-unsaturated/α-hetero) is 1. The molecular formula is C11H21NO. The first-order valence-electron chi connectivity index (χ1n) is 4.96. The molecule has 76 valence electrons. The van der Waals surface area contributed by atoms with Gasteiger partial charge < -0.3 is 5.32 Å². The summed E-state index contributed by atoms with van der Waals surface area (Å²) in [4.78, 5) is 11.3. The van der Waals surface area contributed by atoms with Gasteiger partial charge in [0.15, 0.2) is 0 Å². The Morgan fingerprint density at radius 1 is 1.31 bits per heavy atom. The van der Waals surface area contributed by atoms with E-state index < -0.39 is 0 Å². The standard InChI is InChI=1S/C11H21NO/c1-6-10(8(3)12-5)11(7-2)9(4)13/h11-12H,6-7H2,1-5H3/b10-8+. The van der Waals surface area contributed by atoms with E-state index in [4.69, 9.17) is 0 Å². The van der Waals surface area contributed by atoms with Gasteiger partial charge in [-0.1, -0.05) is 13.8 Å². The molecule has 0 saturated carbocycles. The second-order valence-electron chi connectivity index (χ2n) is 3.33. The molecule has 0 aliphatic carbocycles. The molecule has 0 aliphatic rings. The summed E-state index contributed by atoms with van der Waals surface area (Å²) < 4.78 is 0. The molecule has 0 rings (SSSR count). The molecule has 0 heterocycles. The lowest BCUT2D eigenvalue weighted by Gasteiger charge is -2.17.